The third-order valence-electron chi connectivity index (χ3n) is 7.36. The van der Waals surface area contributed by atoms with E-state index in [-0.39, 0.29) is 50.1 Å². The highest BCUT2D eigenvalue weighted by Gasteiger charge is 2.41. The topological polar surface area (TPSA) is 67.9 Å². The fourth-order valence-corrected chi connectivity index (χ4v) is 5.17. The minimum atomic E-state index is -2.75. The van der Waals surface area contributed by atoms with Crippen molar-refractivity contribution in [1.29, 1.82) is 0 Å². The fourth-order valence-electron chi connectivity index (χ4n) is 5.17. The number of hydrogen-bond donors (Lipinski definition) is 1. The Morgan fingerprint density at radius 1 is 1.11 bits per heavy atom. The molecule has 2 unspecified atom stereocenters. The number of halogens is 2. The molecule has 37 heavy (non-hydrogen) atoms. The second-order valence-electron chi connectivity index (χ2n) is 10.1. The van der Waals surface area contributed by atoms with Crippen molar-refractivity contribution < 1.29 is 27.8 Å². The van der Waals surface area contributed by atoms with Gasteiger partial charge in [-0.3, -0.25) is 9.59 Å². The quantitative estimate of drug-likeness (QED) is 0.500. The van der Waals surface area contributed by atoms with Gasteiger partial charge in [0, 0.05) is 37.5 Å². The van der Waals surface area contributed by atoms with Crippen LogP contribution >= 0.6 is 0 Å². The molecule has 0 bridgehead atoms. The van der Waals surface area contributed by atoms with E-state index in [0.29, 0.717) is 24.5 Å². The van der Waals surface area contributed by atoms with Gasteiger partial charge in [0.05, 0.1) is 19.8 Å². The van der Waals surface area contributed by atoms with Gasteiger partial charge in [-0.05, 0) is 44.2 Å². The lowest BCUT2D eigenvalue weighted by atomic mass is 9.85. The van der Waals surface area contributed by atoms with E-state index in [1.807, 2.05) is 49.4 Å². The predicted molar refractivity (Wildman–Crippen MR) is 136 cm³/mol. The van der Waals surface area contributed by atoms with Crippen LogP contribution in [-0.2, 0) is 20.9 Å². The largest absolute Gasteiger partial charge is 0.496 e. The van der Waals surface area contributed by atoms with Gasteiger partial charge in [-0.15, -0.1) is 0 Å². The van der Waals surface area contributed by atoms with Gasteiger partial charge in [-0.1, -0.05) is 48.0 Å². The number of alkyl halides is 2. The average molecular weight is 515 g/mol. The summed E-state index contributed by atoms with van der Waals surface area (Å²) in [5.74, 6) is -3.34. The molecule has 1 aliphatic heterocycles. The maximum Gasteiger partial charge on any atom is 0.248 e. The van der Waals surface area contributed by atoms with E-state index >= 15 is 0 Å². The molecule has 2 aromatic carbocycles. The summed E-state index contributed by atoms with van der Waals surface area (Å²) in [6, 6.07) is 13.9. The Balaban J connectivity index is 1.68. The maximum atomic E-state index is 14.0. The predicted octanol–water partition coefficient (Wildman–Crippen LogP) is 5.19. The van der Waals surface area contributed by atoms with Crippen LogP contribution < -0.4 is 10.1 Å². The van der Waals surface area contributed by atoms with Crippen LogP contribution in [0, 0.1) is 12.8 Å². The minimum Gasteiger partial charge on any atom is -0.496 e. The molecule has 2 fully saturated rings. The molecule has 1 saturated carbocycles. The van der Waals surface area contributed by atoms with Crippen LogP contribution in [0.4, 0.5) is 8.78 Å². The zero-order valence-corrected chi connectivity index (χ0v) is 21.6. The highest BCUT2D eigenvalue weighted by molar-refractivity contribution is 5.89. The number of benzene rings is 2. The standard InChI is InChI=1S/C29H36F2N2O4/c1-20-9-11-21(12-10-20)26(27(34)32-18-24-7-5-17-37-24)33(19-23-6-3-4-8-25(23)36-2)28(35)22-13-15-29(30,31)16-14-22/h3-4,6,8-12,22,24,26H,5,7,13-19H2,1-2H3,(H,32,34). The van der Waals surface area contributed by atoms with Crippen LogP contribution in [0.15, 0.2) is 48.5 Å². The molecule has 4 rings (SSSR count). The third kappa shape index (κ3) is 6.86. The van der Waals surface area contributed by atoms with Crippen molar-refractivity contribution in [3.63, 3.8) is 0 Å². The van der Waals surface area contributed by atoms with Crippen molar-refractivity contribution >= 4 is 11.8 Å². The van der Waals surface area contributed by atoms with E-state index in [4.69, 9.17) is 9.47 Å². The summed E-state index contributed by atoms with van der Waals surface area (Å²) in [4.78, 5) is 29.3. The maximum absolute atomic E-state index is 14.0. The molecule has 1 heterocycles. The SMILES string of the molecule is COc1ccccc1CN(C(=O)C1CCC(F)(F)CC1)C(C(=O)NCC1CCCO1)c1ccc(C)cc1. The molecule has 1 N–H and O–H groups in total. The smallest absolute Gasteiger partial charge is 0.248 e. The molecule has 2 aromatic rings. The number of para-hydroxylation sites is 1. The molecule has 6 nitrogen and oxygen atoms in total. The average Bonchev–Trinajstić information content (AvgIpc) is 3.42. The number of nitrogens with zero attached hydrogens (tertiary/aromatic N) is 1. The number of carbonyl (C=O) groups is 2. The molecule has 8 heteroatoms. The van der Waals surface area contributed by atoms with Crippen molar-refractivity contribution in [2.45, 2.75) is 70.1 Å². The van der Waals surface area contributed by atoms with Crippen LogP contribution in [0.3, 0.4) is 0 Å². The van der Waals surface area contributed by atoms with Crippen molar-refractivity contribution in [1.82, 2.24) is 10.2 Å². The number of nitrogens with one attached hydrogen (secondary N) is 1. The van der Waals surface area contributed by atoms with Crippen molar-refractivity contribution in [2.75, 3.05) is 20.3 Å². The summed E-state index contributed by atoms with van der Waals surface area (Å²) in [6.45, 7) is 3.10. The van der Waals surface area contributed by atoms with E-state index < -0.39 is 17.9 Å². The van der Waals surface area contributed by atoms with Gasteiger partial charge in [-0.25, -0.2) is 8.78 Å². The summed E-state index contributed by atoms with van der Waals surface area (Å²) in [6.07, 6.45) is 1.29. The Morgan fingerprint density at radius 3 is 2.46 bits per heavy atom. The van der Waals surface area contributed by atoms with Gasteiger partial charge in [0.25, 0.3) is 0 Å². The Hall–Kier alpha value is -3.00. The lowest BCUT2D eigenvalue weighted by Gasteiger charge is -2.36. The Kier molecular flexibility index (Phi) is 8.79. The molecule has 200 valence electrons. The van der Waals surface area contributed by atoms with Gasteiger partial charge < -0.3 is 19.7 Å². The normalized spacial score (nSPS) is 20.3. The van der Waals surface area contributed by atoms with E-state index in [0.717, 1.165) is 24.0 Å². The summed E-state index contributed by atoms with van der Waals surface area (Å²) in [5.41, 5.74) is 2.43. The van der Waals surface area contributed by atoms with Crippen LogP contribution in [0.25, 0.3) is 0 Å². The molecule has 0 aromatic heterocycles. The van der Waals surface area contributed by atoms with Crippen LogP contribution in [0.5, 0.6) is 5.75 Å². The first-order valence-corrected chi connectivity index (χ1v) is 13.0. The second kappa shape index (κ2) is 12.0. The minimum absolute atomic E-state index is 0.0541. The molecule has 0 spiro atoms. The van der Waals surface area contributed by atoms with Gasteiger partial charge in [0.2, 0.25) is 17.7 Å². The van der Waals surface area contributed by atoms with E-state index in [2.05, 4.69) is 5.32 Å². The molecule has 2 aliphatic rings. The van der Waals surface area contributed by atoms with Gasteiger partial charge in [0.15, 0.2) is 0 Å². The highest BCUT2D eigenvalue weighted by atomic mass is 19.3. The first-order chi connectivity index (χ1) is 17.8. The molecular formula is C29H36F2N2O4. The third-order valence-corrected chi connectivity index (χ3v) is 7.36. The van der Waals surface area contributed by atoms with Crippen LogP contribution in [0.1, 0.15) is 61.3 Å². The van der Waals surface area contributed by atoms with E-state index in [9.17, 15) is 18.4 Å². The summed E-state index contributed by atoms with van der Waals surface area (Å²) < 4.78 is 39.0. The number of amides is 2. The van der Waals surface area contributed by atoms with E-state index in [1.54, 1.807) is 18.1 Å². The van der Waals surface area contributed by atoms with Gasteiger partial charge >= 0.3 is 0 Å². The number of rotatable bonds is 9. The monoisotopic (exact) mass is 514 g/mol. The lowest BCUT2D eigenvalue weighted by molar-refractivity contribution is -0.148. The number of aryl methyl sites for hydroxylation is 1. The molecular weight excluding hydrogens is 478 g/mol. The van der Waals surface area contributed by atoms with E-state index in [1.165, 1.54) is 0 Å². The molecule has 0 radical (unpaired) electrons. The summed E-state index contributed by atoms with van der Waals surface area (Å²) in [7, 11) is 1.56. The Bertz CT molecular complexity index is 1060. The Morgan fingerprint density at radius 2 is 1.81 bits per heavy atom. The second-order valence-corrected chi connectivity index (χ2v) is 10.1. The molecule has 2 atom stereocenters. The molecule has 1 aliphatic carbocycles. The van der Waals surface area contributed by atoms with Gasteiger partial charge in [-0.2, -0.15) is 0 Å². The first-order valence-electron chi connectivity index (χ1n) is 13.0. The zero-order chi connectivity index (χ0) is 26.4. The van der Waals surface area contributed by atoms with Crippen molar-refractivity contribution in [3.05, 3.63) is 65.2 Å². The van der Waals surface area contributed by atoms with Crippen molar-refractivity contribution in [3.8, 4) is 5.75 Å². The van der Waals surface area contributed by atoms with Gasteiger partial charge in [0.1, 0.15) is 11.8 Å². The summed E-state index contributed by atoms with van der Waals surface area (Å²) >= 11 is 0. The van der Waals surface area contributed by atoms with Crippen LogP contribution in [0.2, 0.25) is 0 Å². The first kappa shape index (κ1) is 27.0. The highest BCUT2D eigenvalue weighted by Crippen LogP contribution is 2.39. The number of carbonyl (C=O) groups excluding carboxylic acids is 2. The Labute approximate surface area is 217 Å². The fraction of sp³-hybridized carbons (Fsp3) is 0.517. The van der Waals surface area contributed by atoms with Crippen LogP contribution in [-0.4, -0.2) is 49.0 Å². The molecule has 2 amide bonds. The lowest BCUT2D eigenvalue weighted by Crippen LogP contribution is -2.47. The zero-order valence-electron chi connectivity index (χ0n) is 21.6. The molecule has 1 saturated heterocycles. The number of hydrogen-bond acceptors (Lipinski definition) is 4. The number of methoxy groups -OCH3 is 1. The number of ether oxygens (including phenoxy) is 2. The van der Waals surface area contributed by atoms with Crippen molar-refractivity contribution in [2.24, 2.45) is 5.92 Å². The summed E-state index contributed by atoms with van der Waals surface area (Å²) in [5, 5.41) is 2.99.